The summed E-state index contributed by atoms with van der Waals surface area (Å²) in [6, 6.07) is 12.5. The first-order valence-electron chi connectivity index (χ1n) is 9.51. The van der Waals surface area contributed by atoms with Gasteiger partial charge in [0, 0.05) is 24.1 Å². The van der Waals surface area contributed by atoms with E-state index in [-0.39, 0.29) is 41.9 Å². The minimum absolute atomic E-state index is 0.138. The molecule has 1 aliphatic rings. The Balaban J connectivity index is 1.78. The first kappa shape index (κ1) is 20.1. The highest BCUT2D eigenvalue weighted by atomic mass is 19.1. The van der Waals surface area contributed by atoms with Crippen LogP contribution in [-0.4, -0.2) is 28.7 Å². The molecule has 0 unspecified atom stereocenters. The third-order valence-electron chi connectivity index (χ3n) is 5.06. The van der Waals surface area contributed by atoms with Gasteiger partial charge in [0.2, 0.25) is 0 Å². The molecular formula is C23H26FNO3. The van der Waals surface area contributed by atoms with E-state index in [2.05, 4.69) is 0 Å². The third-order valence-corrected chi connectivity index (χ3v) is 5.06. The third kappa shape index (κ3) is 4.08. The van der Waals surface area contributed by atoms with Gasteiger partial charge in [-0.15, -0.1) is 0 Å². The van der Waals surface area contributed by atoms with E-state index in [9.17, 15) is 14.0 Å². The summed E-state index contributed by atoms with van der Waals surface area (Å²) in [5.74, 6) is -0.611. The molecule has 0 aromatic heterocycles. The van der Waals surface area contributed by atoms with Gasteiger partial charge in [-0.2, -0.15) is 0 Å². The number of amides is 1. The number of Topliss-reactive ketones (excluding diaryl/α,β-unsaturated/α-hetero) is 1. The van der Waals surface area contributed by atoms with Gasteiger partial charge < -0.3 is 9.64 Å². The number of nitrogens with zero attached hydrogens (tertiary/aromatic N) is 1. The monoisotopic (exact) mass is 383 g/mol. The van der Waals surface area contributed by atoms with Crippen molar-refractivity contribution in [2.45, 2.75) is 52.1 Å². The number of carbonyl (C=O) groups is 2. The Morgan fingerprint density at radius 1 is 1.18 bits per heavy atom. The number of rotatable bonds is 5. The molecule has 2 aromatic carbocycles. The van der Waals surface area contributed by atoms with Crippen LogP contribution in [0.5, 0.6) is 5.75 Å². The Bertz CT molecular complexity index is 887. The summed E-state index contributed by atoms with van der Waals surface area (Å²) in [4.78, 5) is 27.0. The molecule has 0 saturated heterocycles. The average Bonchev–Trinajstić information content (AvgIpc) is 2.94. The number of fused-ring (bicyclic) bond motifs is 1. The maximum Gasteiger partial charge on any atom is 0.261 e. The lowest BCUT2D eigenvalue weighted by Gasteiger charge is -2.36. The second kappa shape index (κ2) is 7.74. The van der Waals surface area contributed by atoms with Gasteiger partial charge in [-0.3, -0.25) is 9.59 Å². The zero-order valence-electron chi connectivity index (χ0n) is 16.8. The Labute approximate surface area is 165 Å². The molecule has 2 aromatic rings. The summed E-state index contributed by atoms with van der Waals surface area (Å²) in [6.07, 6.45) is 0.267. The zero-order chi connectivity index (χ0) is 20.5. The van der Waals surface area contributed by atoms with E-state index in [1.165, 1.54) is 12.1 Å². The van der Waals surface area contributed by atoms with Crippen LogP contribution in [0.15, 0.2) is 42.5 Å². The standard InChI is InChI=1S/C23H26FNO3/c1-15-12-18(26)22-19(11-10-17(24)21(15)22)28-14-20(27)25(23(2,3)4)13-16-8-6-5-7-9-16/h5-11,15H,12-14H2,1-4H3/t15-/m0/s1. The summed E-state index contributed by atoms with van der Waals surface area (Å²) in [7, 11) is 0. The average molecular weight is 383 g/mol. The predicted molar refractivity (Wildman–Crippen MR) is 106 cm³/mol. The SMILES string of the molecule is C[C@H]1CC(=O)c2c(OCC(=O)N(Cc3ccccc3)C(C)(C)C)ccc(F)c21. The van der Waals surface area contributed by atoms with Gasteiger partial charge in [-0.25, -0.2) is 4.39 Å². The molecule has 0 N–H and O–H groups in total. The van der Waals surface area contributed by atoms with Crippen molar-refractivity contribution in [3.63, 3.8) is 0 Å². The number of benzene rings is 2. The van der Waals surface area contributed by atoms with Crippen molar-refractivity contribution in [3.8, 4) is 5.75 Å². The topological polar surface area (TPSA) is 46.6 Å². The van der Waals surface area contributed by atoms with Crippen molar-refractivity contribution < 1.29 is 18.7 Å². The van der Waals surface area contributed by atoms with Crippen LogP contribution in [-0.2, 0) is 11.3 Å². The molecule has 0 spiro atoms. The van der Waals surface area contributed by atoms with Crippen LogP contribution < -0.4 is 4.74 Å². The number of ether oxygens (including phenoxy) is 1. The Kier molecular flexibility index (Phi) is 5.54. The molecule has 28 heavy (non-hydrogen) atoms. The van der Waals surface area contributed by atoms with Gasteiger partial charge in [-0.05, 0) is 44.4 Å². The van der Waals surface area contributed by atoms with Crippen molar-refractivity contribution in [2.75, 3.05) is 6.61 Å². The minimum Gasteiger partial charge on any atom is -0.483 e. The Morgan fingerprint density at radius 3 is 2.50 bits per heavy atom. The largest absolute Gasteiger partial charge is 0.483 e. The summed E-state index contributed by atoms with van der Waals surface area (Å²) in [6.45, 7) is 7.98. The van der Waals surface area contributed by atoms with Crippen LogP contribution in [0.4, 0.5) is 4.39 Å². The molecule has 0 saturated carbocycles. The van der Waals surface area contributed by atoms with Crippen LogP contribution in [0.2, 0.25) is 0 Å². The van der Waals surface area contributed by atoms with Gasteiger partial charge in [-0.1, -0.05) is 37.3 Å². The smallest absolute Gasteiger partial charge is 0.261 e. The van der Waals surface area contributed by atoms with E-state index in [4.69, 9.17) is 4.74 Å². The summed E-state index contributed by atoms with van der Waals surface area (Å²) in [5, 5.41) is 0. The molecule has 0 radical (unpaired) electrons. The maximum atomic E-state index is 14.1. The normalized spacial score (nSPS) is 16.0. The number of ketones is 1. The second-order valence-corrected chi connectivity index (χ2v) is 8.29. The lowest BCUT2D eigenvalue weighted by atomic mass is 10.0. The van der Waals surface area contributed by atoms with E-state index in [0.717, 1.165) is 5.56 Å². The minimum atomic E-state index is -0.397. The van der Waals surface area contributed by atoms with E-state index >= 15 is 0 Å². The molecule has 0 bridgehead atoms. The lowest BCUT2D eigenvalue weighted by Crippen LogP contribution is -2.47. The number of halogens is 1. The quantitative estimate of drug-likeness (QED) is 0.750. The molecule has 0 aliphatic heterocycles. The molecule has 1 atom stereocenters. The molecule has 1 amide bonds. The van der Waals surface area contributed by atoms with Crippen LogP contribution in [0.25, 0.3) is 0 Å². The van der Waals surface area contributed by atoms with Crippen molar-refractivity contribution in [2.24, 2.45) is 0 Å². The second-order valence-electron chi connectivity index (χ2n) is 8.29. The fourth-order valence-electron chi connectivity index (χ4n) is 3.63. The van der Waals surface area contributed by atoms with Gasteiger partial charge in [0.15, 0.2) is 12.4 Å². The maximum absolute atomic E-state index is 14.1. The van der Waals surface area contributed by atoms with Gasteiger partial charge in [0.05, 0.1) is 5.56 Å². The van der Waals surface area contributed by atoms with Crippen molar-refractivity contribution in [3.05, 3.63) is 65.0 Å². The summed E-state index contributed by atoms with van der Waals surface area (Å²) in [5.41, 5.74) is 1.31. The van der Waals surface area contributed by atoms with Crippen LogP contribution >= 0.6 is 0 Å². The summed E-state index contributed by atoms with van der Waals surface area (Å²) >= 11 is 0. The predicted octanol–water partition coefficient (Wildman–Crippen LogP) is 4.72. The number of hydrogen-bond donors (Lipinski definition) is 0. The molecule has 1 aliphatic carbocycles. The van der Waals surface area contributed by atoms with E-state index in [0.29, 0.717) is 12.1 Å². The van der Waals surface area contributed by atoms with E-state index < -0.39 is 11.4 Å². The lowest BCUT2D eigenvalue weighted by molar-refractivity contribution is -0.139. The first-order valence-corrected chi connectivity index (χ1v) is 9.51. The molecule has 0 fully saturated rings. The zero-order valence-corrected chi connectivity index (χ0v) is 16.8. The molecule has 0 heterocycles. The first-order chi connectivity index (χ1) is 13.2. The van der Waals surface area contributed by atoms with Gasteiger partial charge in [0.1, 0.15) is 11.6 Å². The number of hydrogen-bond acceptors (Lipinski definition) is 3. The van der Waals surface area contributed by atoms with Crippen molar-refractivity contribution in [1.29, 1.82) is 0 Å². The van der Waals surface area contributed by atoms with Crippen molar-refractivity contribution in [1.82, 2.24) is 4.90 Å². The highest BCUT2D eigenvalue weighted by Crippen LogP contribution is 2.39. The molecular weight excluding hydrogens is 357 g/mol. The number of carbonyl (C=O) groups excluding carboxylic acids is 2. The van der Waals surface area contributed by atoms with Crippen LogP contribution in [0, 0.1) is 5.82 Å². The van der Waals surface area contributed by atoms with Crippen LogP contribution in [0.3, 0.4) is 0 Å². The molecule has 4 nitrogen and oxygen atoms in total. The highest BCUT2D eigenvalue weighted by Gasteiger charge is 2.33. The van der Waals surface area contributed by atoms with E-state index in [1.54, 1.807) is 4.90 Å². The fourth-order valence-corrected chi connectivity index (χ4v) is 3.63. The van der Waals surface area contributed by atoms with Gasteiger partial charge in [0.25, 0.3) is 5.91 Å². The summed E-state index contributed by atoms with van der Waals surface area (Å²) < 4.78 is 19.9. The fraction of sp³-hybridized carbons (Fsp3) is 0.391. The molecule has 148 valence electrons. The van der Waals surface area contributed by atoms with E-state index in [1.807, 2.05) is 58.0 Å². The Hall–Kier alpha value is -2.69. The van der Waals surface area contributed by atoms with Crippen molar-refractivity contribution >= 4 is 11.7 Å². The highest BCUT2D eigenvalue weighted by molar-refractivity contribution is 6.03. The molecule has 3 rings (SSSR count). The Morgan fingerprint density at radius 2 is 1.86 bits per heavy atom. The van der Waals surface area contributed by atoms with Crippen LogP contribution in [0.1, 0.15) is 61.5 Å². The molecule has 5 heteroatoms. The van der Waals surface area contributed by atoms with Gasteiger partial charge >= 0.3 is 0 Å².